The highest BCUT2D eigenvalue weighted by Gasteiger charge is 2.08. The maximum atomic E-state index is 12.8. The van der Waals surface area contributed by atoms with E-state index < -0.39 is 22.6 Å². The molecular formula is C16H13FN4O4. The van der Waals surface area contributed by atoms with Gasteiger partial charge in [0.15, 0.2) is 0 Å². The van der Waals surface area contributed by atoms with Gasteiger partial charge in [0.1, 0.15) is 5.82 Å². The summed E-state index contributed by atoms with van der Waals surface area (Å²) in [5.74, 6) is -1.58. The third-order valence-corrected chi connectivity index (χ3v) is 3.00. The molecule has 2 aromatic carbocycles. The molecule has 0 aliphatic heterocycles. The van der Waals surface area contributed by atoms with Crippen molar-refractivity contribution in [2.75, 3.05) is 6.54 Å². The fourth-order valence-electron chi connectivity index (χ4n) is 1.80. The number of nitrogens with one attached hydrogen (secondary N) is 2. The molecule has 0 spiro atoms. The van der Waals surface area contributed by atoms with E-state index >= 15 is 0 Å². The zero-order chi connectivity index (χ0) is 18.2. The molecule has 9 heteroatoms. The molecule has 0 aromatic heterocycles. The second kappa shape index (κ2) is 8.29. The van der Waals surface area contributed by atoms with E-state index in [4.69, 9.17) is 0 Å². The fourth-order valence-corrected chi connectivity index (χ4v) is 1.80. The Kier molecular flexibility index (Phi) is 5.88. The average molecular weight is 344 g/mol. The number of nitrogens with zero attached hydrogens (tertiary/aromatic N) is 2. The SMILES string of the molecule is O=C(CNC(=O)c1ccc(F)cc1)N/N=C\c1cccc([N+](=O)[O-])c1. The summed E-state index contributed by atoms with van der Waals surface area (Å²) in [5, 5.41) is 16.7. The molecule has 0 atom stereocenters. The summed E-state index contributed by atoms with van der Waals surface area (Å²) >= 11 is 0. The minimum atomic E-state index is -0.586. The number of carbonyl (C=O) groups excluding carboxylic acids is 2. The first-order chi connectivity index (χ1) is 12.0. The van der Waals surface area contributed by atoms with Crippen molar-refractivity contribution in [1.29, 1.82) is 0 Å². The molecule has 0 aliphatic carbocycles. The molecule has 0 saturated carbocycles. The van der Waals surface area contributed by atoms with Crippen LogP contribution < -0.4 is 10.7 Å². The summed E-state index contributed by atoms with van der Waals surface area (Å²) in [7, 11) is 0. The van der Waals surface area contributed by atoms with Gasteiger partial charge in [0.05, 0.1) is 17.7 Å². The molecule has 0 aliphatic rings. The van der Waals surface area contributed by atoms with Gasteiger partial charge in [-0.25, -0.2) is 9.82 Å². The van der Waals surface area contributed by atoms with Gasteiger partial charge >= 0.3 is 0 Å². The van der Waals surface area contributed by atoms with E-state index in [1.54, 1.807) is 6.07 Å². The van der Waals surface area contributed by atoms with Crippen molar-refractivity contribution in [3.63, 3.8) is 0 Å². The van der Waals surface area contributed by atoms with Crippen LogP contribution in [0.1, 0.15) is 15.9 Å². The molecule has 0 bridgehead atoms. The number of carbonyl (C=O) groups is 2. The number of benzene rings is 2. The number of nitro groups is 1. The summed E-state index contributed by atoms with van der Waals surface area (Å²) < 4.78 is 12.8. The molecule has 0 saturated heterocycles. The van der Waals surface area contributed by atoms with Crippen molar-refractivity contribution in [1.82, 2.24) is 10.7 Å². The Balaban J connectivity index is 1.82. The smallest absolute Gasteiger partial charge is 0.270 e. The van der Waals surface area contributed by atoms with Crippen LogP contribution in [0.2, 0.25) is 0 Å². The molecule has 2 N–H and O–H groups in total. The maximum absolute atomic E-state index is 12.8. The second-order valence-corrected chi connectivity index (χ2v) is 4.83. The molecular weight excluding hydrogens is 331 g/mol. The van der Waals surface area contributed by atoms with Crippen molar-refractivity contribution in [2.45, 2.75) is 0 Å². The standard InChI is InChI=1S/C16H13FN4O4/c17-13-6-4-12(5-7-13)16(23)18-10-15(22)20-19-9-11-2-1-3-14(8-11)21(24)25/h1-9H,10H2,(H,18,23)(H,20,22)/b19-9-. The highest BCUT2D eigenvalue weighted by Crippen LogP contribution is 2.11. The van der Waals surface area contributed by atoms with Crippen molar-refractivity contribution in [3.8, 4) is 0 Å². The van der Waals surface area contributed by atoms with Crippen molar-refractivity contribution < 1.29 is 18.9 Å². The van der Waals surface area contributed by atoms with E-state index in [0.29, 0.717) is 5.56 Å². The Bertz CT molecular complexity index is 821. The minimum absolute atomic E-state index is 0.0955. The van der Waals surface area contributed by atoms with Gasteiger partial charge in [0.2, 0.25) is 0 Å². The summed E-state index contributed by atoms with van der Waals surface area (Å²) in [6.07, 6.45) is 1.24. The normalized spacial score (nSPS) is 10.4. The van der Waals surface area contributed by atoms with Crippen LogP contribution >= 0.6 is 0 Å². The highest BCUT2D eigenvalue weighted by molar-refractivity contribution is 5.96. The maximum Gasteiger partial charge on any atom is 0.270 e. The minimum Gasteiger partial charge on any atom is -0.343 e. The third-order valence-electron chi connectivity index (χ3n) is 3.00. The van der Waals surface area contributed by atoms with Gasteiger partial charge in [-0.3, -0.25) is 19.7 Å². The van der Waals surface area contributed by atoms with Crippen molar-refractivity contribution in [3.05, 3.63) is 75.6 Å². The van der Waals surface area contributed by atoms with E-state index in [1.165, 1.54) is 36.5 Å². The lowest BCUT2D eigenvalue weighted by Crippen LogP contribution is -2.34. The second-order valence-electron chi connectivity index (χ2n) is 4.83. The van der Waals surface area contributed by atoms with Gasteiger partial charge in [0.25, 0.3) is 17.5 Å². The molecule has 0 heterocycles. The quantitative estimate of drug-likeness (QED) is 0.471. The van der Waals surface area contributed by atoms with Gasteiger partial charge < -0.3 is 5.32 Å². The van der Waals surface area contributed by atoms with E-state index in [-0.39, 0.29) is 17.8 Å². The number of non-ortho nitro benzene ring substituents is 1. The topological polar surface area (TPSA) is 114 Å². The van der Waals surface area contributed by atoms with Crippen LogP contribution in [0, 0.1) is 15.9 Å². The van der Waals surface area contributed by atoms with Crippen LogP contribution in [0.4, 0.5) is 10.1 Å². The molecule has 0 radical (unpaired) electrons. The van der Waals surface area contributed by atoms with E-state index in [9.17, 15) is 24.1 Å². The number of hydrogen-bond donors (Lipinski definition) is 2. The Hall–Kier alpha value is -3.62. The Labute approximate surface area is 141 Å². The van der Waals surface area contributed by atoms with Crippen molar-refractivity contribution in [2.24, 2.45) is 5.10 Å². The largest absolute Gasteiger partial charge is 0.343 e. The van der Waals surface area contributed by atoms with Gasteiger partial charge in [0, 0.05) is 23.3 Å². The van der Waals surface area contributed by atoms with Gasteiger partial charge in [-0.1, -0.05) is 12.1 Å². The summed E-state index contributed by atoms with van der Waals surface area (Å²) in [5.41, 5.74) is 2.74. The Morgan fingerprint density at radius 3 is 2.60 bits per heavy atom. The molecule has 25 heavy (non-hydrogen) atoms. The number of hydrazone groups is 1. The first kappa shape index (κ1) is 17.7. The van der Waals surface area contributed by atoms with E-state index in [0.717, 1.165) is 12.1 Å². The van der Waals surface area contributed by atoms with Crippen molar-refractivity contribution >= 4 is 23.7 Å². The van der Waals surface area contributed by atoms with Crippen LogP contribution in [0.3, 0.4) is 0 Å². The molecule has 0 unspecified atom stereocenters. The lowest BCUT2D eigenvalue weighted by atomic mass is 10.2. The van der Waals surface area contributed by atoms with Crippen LogP contribution in [0.5, 0.6) is 0 Å². The summed E-state index contributed by atoms with van der Waals surface area (Å²) in [6, 6.07) is 10.6. The van der Waals surface area contributed by atoms with Gasteiger partial charge in [-0.2, -0.15) is 5.10 Å². The number of nitro benzene ring substituents is 1. The first-order valence-electron chi connectivity index (χ1n) is 7.06. The predicted octanol–water partition coefficient (Wildman–Crippen LogP) is 1.61. The Morgan fingerprint density at radius 2 is 1.92 bits per heavy atom. The molecule has 2 aromatic rings. The summed E-state index contributed by atoms with van der Waals surface area (Å²) in [6.45, 7) is -0.331. The van der Waals surface area contributed by atoms with E-state index in [1.807, 2.05) is 0 Å². The highest BCUT2D eigenvalue weighted by atomic mass is 19.1. The predicted molar refractivity (Wildman–Crippen MR) is 87.6 cm³/mol. The van der Waals surface area contributed by atoms with Crippen LogP contribution in [-0.2, 0) is 4.79 Å². The average Bonchev–Trinajstić information content (AvgIpc) is 2.60. The summed E-state index contributed by atoms with van der Waals surface area (Å²) in [4.78, 5) is 33.4. The molecule has 2 amide bonds. The number of rotatable bonds is 6. The monoisotopic (exact) mass is 344 g/mol. The van der Waals surface area contributed by atoms with Crippen LogP contribution in [-0.4, -0.2) is 29.5 Å². The van der Waals surface area contributed by atoms with Gasteiger partial charge in [-0.15, -0.1) is 0 Å². The lowest BCUT2D eigenvalue weighted by molar-refractivity contribution is -0.384. The zero-order valence-corrected chi connectivity index (χ0v) is 12.8. The number of hydrogen-bond acceptors (Lipinski definition) is 5. The van der Waals surface area contributed by atoms with Crippen LogP contribution in [0.15, 0.2) is 53.6 Å². The van der Waals surface area contributed by atoms with E-state index in [2.05, 4.69) is 15.8 Å². The lowest BCUT2D eigenvalue weighted by Gasteiger charge is -2.04. The molecule has 2 rings (SSSR count). The first-order valence-corrected chi connectivity index (χ1v) is 7.06. The molecule has 8 nitrogen and oxygen atoms in total. The Morgan fingerprint density at radius 1 is 1.20 bits per heavy atom. The number of halogens is 1. The third kappa shape index (κ3) is 5.50. The fraction of sp³-hybridized carbons (Fsp3) is 0.0625. The molecule has 128 valence electrons. The number of amides is 2. The van der Waals surface area contributed by atoms with Crippen LogP contribution in [0.25, 0.3) is 0 Å². The zero-order valence-electron chi connectivity index (χ0n) is 12.8. The van der Waals surface area contributed by atoms with Gasteiger partial charge in [-0.05, 0) is 24.3 Å². The molecule has 0 fully saturated rings.